The van der Waals surface area contributed by atoms with Crippen molar-refractivity contribution in [3.05, 3.63) is 41.5 Å². The van der Waals surface area contributed by atoms with Crippen LogP contribution in [0.25, 0.3) is 5.70 Å². The van der Waals surface area contributed by atoms with Crippen molar-refractivity contribution < 1.29 is 9.59 Å². The Bertz CT molecular complexity index is 568. The molecule has 2 aliphatic rings. The molecule has 0 bridgehead atoms. The van der Waals surface area contributed by atoms with Gasteiger partial charge in [-0.3, -0.25) is 9.59 Å². The van der Waals surface area contributed by atoms with Crippen molar-refractivity contribution in [1.29, 1.82) is 0 Å². The number of Topliss-reactive ketones (excluding diaryl/α,β-unsaturated/α-hetero) is 1. The zero-order chi connectivity index (χ0) is 13.9. The fourth-order valence-electron chi connectivity index (χ4n) is 3.11. The number of hydrogen-bond donors (Lipinski definition) is 1. The highest BCUT2D eigenvalue weighted by atomic mass is 16.2. The topological polar surface area (TPSA) is 46.2 Å². The summed E-state index contributed by atoms with van der Waals surface area (Å²) in [6.45, 7) is 0.891. The van der Waals surface area contributed by atoms with Crippen molar-refractivity contribution in [2.45, 2.75) is 32.1 Å². The van der Waals surface area contributed by atoms with E-state index in [9.17, 15) is 9.59 Å². The molecule has 0 heterocycles. The fraction of sp³-hybridized carbons (Fsp3) is 0.412. The highest BCUT2D eigenvalue weighted by Gasteiger charge is 2.25. The summed E-state index contributed by atoms with van der Waals surface area (Å²) in [4.78, 5) is 23.6. The quantitative estimate of drug-likeness (QED) is 0.858. The SMILES string of the molecule is O=C1C=C(NCC2CCCCC2)c2ccccc2C1=O. The van der Waals surface area contributed by atoms with E-state index in [0.717, 1.165) is 17.8 Å². The van der Waals surface area contributed by atoms with Crippen LogP contribution in [0, 0.1) is 5.92 Å². The van der Waals surface area contributed by atoms with Crippen LogP contribution in [0.2, 0.25) is 0 Å². The van der Waals surface area contributed by atoms with Gasteiger partial charge in [-0.25, -0.2) is 0 Å². The molecule has 0 amide bonds. The summed E-state index contributed by atoms with van der Waals surface area (Å²) in [5.74, 6) is -0.136. The van der Waals surface area contributed by atoms with Gasteiger partial charge >= 0.3 is 0 Å². The monoisotopic (exact) mass is 269 g/mol. The van der Waals surface area contributed by atoms with E-state index in [2.05, 4.69) is 5.32 Å². The molecule has 1 aromatic carbocycles. The zero-order valence-corrected chi connectivity index (χ0v) is 11.5. The molecule has 104 valence electrons. The van der Waals surface area contributed by atoms with Crippen LogP contribution in [0.4, 0.5) is 0 Å². The molecule has 3 heteroatoms. The molecule has 1 N–H and O–H groups in total. The lowest BCUT2D eigenvalue weighted by molar-refractivity contribution is -0.111. The van der Waals surface area contributed by atoms with Crippen LogP contribution in [0.1, 0.15) is 48.0 Å². The molecule has 20 heavy (non-hydrogen) atoms. The average Bonchev–Trinajstić information content (AvgIpc) is 2.50. The van der Waals surface area contributed by atoms with Gasteiger partial charge in [-0.1, -0.05) is 43.5 Å². The van der Waals surface area contributed by atoms with E-state index < -0.39 is 11.6 Å². The predicted molar refractivity (Wildman–Crippen MR) is 78.3 cm³/mol. The standard InChI is InChI=1S/C17H19NO2/c19-16-10-15(18-11-12-6-2-1-3-7-12)13-8-4-5-9-14(13)17(16)20/h4-5,8-10,12,18H,1-3,6-7,11H2. The van der Waals surface area contributed by atoms with Crippen molar-refractivity contribution in [2.75, 3.05) is 6.54 Å². The van der Waals surface area contributed by atoms with Gasteiger partial charge in [-0.15, -0.1) is 0 Å². The molecular weight excluding hydrogens is 250 g/mol. The second kappa shape index (κ2) is 5.61. The minimum absolute atomic E-state index is 0.399. The van der Waals surface area contributed by atoms with Crippen molar-refractivity contribution >= 4 is 17.3 Å². The van der Waals surface area contributed by atoms with E-state index in [0.29, 0.717) is 11.5 Å². The Morgan fingerprint density at radius 2 is 1.70 bits per heavy atom. The first kappa shape index (κ1) is 13.1. The first-order chi connectivity index (χ1) is 9.75. The number of hydrogen-bond acceptors (Lipinski definition) is 3. The van der Waals surface area contributed by atoms with Crippen LogP contribution < -0.4 is 5.32 Å². The third kappa shape index (κ3) is 2.53. The van der Waals surface area contributed by atoms with Gasteiger partial charge < -0.3 is 5.32 Å². The van der Waals surface area contributed by atoms with Crippen LogP contribution in [0.5, 0.6) is 0 Å². The number of allylic oxidation sites excluding steroid dienone is 1. The fourth-order valence-corrected chi connectivity index (χ4v) is 3.11. The highest BCUT2D eigenvalue weighted by Crippen LogP contribution is 2.26. The second-order valence-corrected chi connectivity index (χ2v) is 5.68. The van der Waals surface area contributed by atoms with E-state index in [1.807, 2.05) is 12.1 Å². The molecule has 1 aromatic rings. The van der Waals surface area contributed by atoms with Crippen LogP contribution in [-0.4, -0.2) is 18.1 Å². The Labute approximate surface area is 119 Å². The molecule has 3 rings (SSSR count). The first-order valence-electron chi connectivity index (χ1n) is 7.39. The van der Waals surface area contributed by atoms with Crippen LogP contribution in [0.15, 0.2) is 30.3 Å². The Hall–Kier alpha value is -1.90. The number of carbonyl (C=O) groups is 2. The lowest BCUT2D eigenvalue weighted by Gasteiger charge is -2.24. The highest BCUT2D eigenvalue weighted by molar-refractivity contribution is 6.50. The van der Waals surface area contributed by atoms with Crippen molar-refractivity contribution in [3.8, 4) is 0 Å². The molecule has 0 spiro atoms. The summed E-state index contributed by atoms with van der Waals surface area (Å²) in [5.41, 5.74) is 2.18. The van der Waals surface area contributed by atoms with Gasteiger partial charge in [0.25, 0.3) is 0 Å². The minimum atomic E-state index is -0.421. The molecule has 1 saturated carbocycles. The van der Waals surface area contributed by atoms with Crippen LogP contribution in [-0.2, 0) is 4.79 Å². The molecule has 0 unspecified atom stereocenters. The lowest BCUT2D eigenvalue weighted by Crippen LogP contribution is -2.28. The van der Waals surface area contributed by atoms with Gasteiger partial charge in [0, 0.05) is 29.4 Å². The van der Waals surface area contributed by atoms with E-state index in [4.69, 9.17) is 0 Å². The molecule has 0 atom stereocenters. The first-order valence-corrected chi connectivity index (χ1v) is 7.39. The van der Waals surface area contributed by atoms with E-state index in [1.165, 1.54) is 38.2 Å². The molecule has 1 fully saturated rings. The van der Waals surface area contributed by atoms with Gasteiger partial charge in [-0.2, -0.15) is 0 Å². The predicted octanol–water partition coefficient (Wildman–Crippen LogP) is 2.96. The number of benzene rings is 1. The molecule has 3 nitrogen and oxygen atoms in total. The molecule has 2 aliphatic carbocycles. The number of nitrogens with one attached hydrogen (secondary N) is 1. The largest absolute Gasteiger partial charge is 0.384 e. The van der Waals surface area contributed by atoms with Crippen LogP contribution in [0.3, 0.4) is 0 Å². The number of rotatable bonds is 3. The summed E-state index contributed by atoms with van der Waals surface area (Å²) in [7, 11) is 0. The number of ketones is 2. The van der Waals surface area contributed by atoms with E-state index in [1.54, 1.807) is 12.1 Å². The third-order valence-corrected chi connectivity index (χ3v) is 4.27. The second-order valence-electron chi connectivity index (χ2n) is 5.68. The lowest BCUT2D eigenvalue weighted by atomic mass is 9.88. The number of carbonyl (C=O) groups excluding carboxylic acids is 2. The smallest absolute Gasteiger partial charge is 0.233 e. The Balaban J connectivity index is 1.77. The minimum Gasteiger partial charge on any atom is -0.384 e. The molecular formula is C17H19NO2. The summed E-state index contributed by atoms with van der Waals surface area (Å²) >= 11 is 0. The maximum Gasteiger partial charge on any atom is 0.233 e. The maximum absolute atomic E-state index is 11.8. The Morgan fingerprint density at radius 1 is 1.00 bits per heavy atom. The summed E-state index contributed by atoms with van der Waals surface area (Å²) in [6.07, 6.45) is 7.92. The van der Waals surface area contributed by atoms with Gasteiger partial charge in [0.1, 0.15) is 0 Å². The molecule has 0 saturated heterocycles. The van der Waals surface area contributed by atoms with Gasteiger partial charge in [0.15, 0.2) is 0 Å². The molecule has 0 radical (unpaired) electrons. The molecule has 0 aromatic heterocycles. The maximum atomic E-state index is 11.8. The zero-order valence-electron chi connectivity index (χ0n) is 11.5. The van der Waals surface area contributed by atoms with Crippen molar-refractivity contribution in [3.63, 3.8) is 0 Å². The van der Waals surface area contributed by atoms with Crippen molar-refractivity contribution in [1.82, 2.24) is 5.32 Å². The number of fused-ring (bicyclic) bond motifs is 1. The van der Waals surface area contributed by atoms with Crippen molar-refractivity contribution in [2.24, 2.45) is 5.92 Å². The summed E-state index contributed by atoms with van der Waals surface area (Å²) < 4.78 is 0. The van der Waals surface area contributed by atoms with Crippen LogP contribution >= 0.6 is 0 Å². The van der Waals surface area contributed by atoms with Gasteiger partial charge in [-0.05, 0) is 18.8 Å². The van der Waals surface area contributed by atoms with Gasteiger partial charge in [0.2, 0.25) is 11.6 Å². The Morgan fingerprint density at radius 3 is 2.45 bits per heavy atom. The normalized spacial score (nSPS) is 19.5. The molecule has 0 aliphatic heterocycles. The average molecular weight is 269 g/mol. The Kier molecular flexibility index (Phi) is 3.68. The summed E-state index contributed by atoms with van der Waals surface area (Å²) in [5, 5.41) is 3.39. The summed E-state index contributed by atoms with van der Waals surface area (Å²) in [6, 6.07) is 7.33. The van der Waals surface area contributed by atoms with E-state index >= 15 is 0 Å². The van der Waals surface area contributed by atoms with E-state index in [-0.39, 0.29) is 0 Å². The third-order valence-electron chi connectivity index (χ3n) is 4.27. The van der Waals surface area contributed by atoms with Gasteiger partial charge in [0.05, 0.1) is 0 Å².